The SMILES string of the molecule is Cc1[nH]c(CN2CCN3C(=O)OC[C@@H]3C2)cc1C#N. The third kappa shape index (κ3) is 2.17. The summed E-state index contributed by atoms with van der Waals surface area (Å²) < 4.78 is 5.05. The topological polar surface area (TPSA) is 72.4 Å². The Morgan fingerprint density at radius 3 is 3.16 bits per heavy atom. The highest BCUT2D eigenvalue weighted by Gasteiger charge is 2.37. The van der Waals surface area contributed by atoms with Gasteiger partial charge in [-0.1, -0.05) is 0 Å². The number of aromatic amines is 1. The largest absolute Gasteiger partial charge is 0.447 e. The Balaban J connectivity index is 1.65. The zero-order chi connectivity index (χ0) is 13.4. The van der Waals surface area contributed by atoms with Gasteiger partial charge in [-0.15, -0.1) is 0 Å². The Hall–Kier alpha value is -2.00. The molecule has 0 radical (unpaired) electrons. The fourth-order valence-corrected chi connectivity index (χ4v) is 2.77. The van der Waals surface area contributed by atoms with E-state index in [4.69, 9.17) is 10.00 Å². The average molecular weight is 260 g/mol. The van der Waals surface area contributed by atoms with Gasteiger partial charge in [-0.25, -0.2) is 4.79 Å². The smallest absolute Gasteiger partial charge is 0.410 e. The Morgan fingerprint density at radius 1 is 1.58 bits per heavy atom. The highest BCUT2D eigenvalue weighted by atomic mass is 16.6. The molecule has 3 heterocycles. The van der Waals surface area contributed by atoms with Gasteiger partial charge in [-0.2, -0.15) is 5.26 Å². The second-order valence-electron chi connectivity index (χ2n) is 5.10. The molecule has 1 aromatic rings. The molecule has 6 nitrogen and oxygen atoms in total. The Labute approximate surface area is 111 Å². The number of aromatic nitrogens is 1. The summed E-state index contributed by atoms with van der Waals surface area (Å²) in [5.41, 5.74) is 2.66. The van der Waals surface area contributed by atoms with Crippen molar-refractivity contribution < 1.29 is 9.53 Å². The van der Waals surface area contributed by atoms with E-state index in [-0.39, 0.29) is 12.1 Å². The summed E-state index contributed by atoms with van der Waals surface area (Å²) in [5.74, 6) is 0. The summed E-state index contributed by atoms with van der Waals surface area (Å²) >= 11 is 0. The van der Waals surface area contributed by atoms with Crippen LogP contribution >= 0.6 is 0 Å². The van der Waals surface area contributed by atoms with Crippen molar-refractivity contribution in [1.29, 1.82) is 5.26 Å². The molecule has 2 aliphatic heterocycles. The van der Waals surface area contributed by atoms with Gasteiger partial charge in [0.25, 0.3) is 0 Å². The van der Waals surface area contributed by atoms with Crippen LogP contribution in [0.4, 0.5) is 4.79 Å². The van der Waals surface area contributed by atoms with Crippen LogP contribution in [0.15, 0.2) is 6.07 Å². The fraction of sp³-hybridized carbons (Fsp3) is 0.538. The molecule has 2 fully saturated rings. The van der Waals surface area contributed by atoms with E-state index in [0.717, 1.165) is 31.0 Å². The van der Waals surface area contributed by atoms with E-state index >= 15 is 0 Å². The summed E-state index contributed by atoms with van der Waals surface area (Å²) in [6, 6.07) is 4.25. The lowest BCUT2D eigenvalue weighted by Gasteiger charge is -2.35. The molecule has 2 saturated heterocycles. The zero-order valence-corrected chi connectivity index (χ0v) is 10.8. The van der Waals surface area contributed by atoms with Gasteiger partial charge in [0.2, 0.25) is 0 Å². The molecule has 0 aromatic carbocycles. The van der Waals surface area contributed by atoms with Crippen LogP contribution in [-0.4, -0.2) is 53.2 Å². The Kier molecular flexibility index (Phi) is 2.91. The van der Waals surface area contributed by atoms with E-state index in [0.29, 0.717) is 18.7 Å². The summed E-state index contributed by atoms with van der Waals surface area (Å²) in [5, 5.41) is 8.95. The molecule has 0 aliphatic carbocycles. The van der Waals surface area contributed by atoms with Crippen LogP contribution in [0.2, 0.25) is 0 Å². The summed E-state index contributed by atoms with van der Waals surface area (Å²) in [4.78, 5) is 18.7. The Morgan fingerprint density at radius 2 is 2.42 bits per heavy atom. The van der Waals surface area contributed by atoms with Crippen molar-refractivity contribution in [3.05, 3.63) is 23.0 Å². The van der Waals surface area contributed by atoms with E-state index < -0.39 is 0 Å². The van der Waals surface area contributed by atoms with Gasteiger partial charge in [-0.05, 0) is 13.0 Å². The van der Waals surface area contributed by atoms with Gasteiger partial charge < -0.3 is 9.72 Å². The minimum Gasteiger partial charge on any atom is -0.447 e. The number of carbonyl (C=O) groups excluding carboxylic acids is 1. The monoisotopic (exact) mass is 260 g/mol. The number of nitriles is 1. The maximum absolute atomic E-state index is 11.4. The lowest BCUT2D eigenvalue weighted by Crippen LogP contribution is -2.51. The van der Waals surface area contributed by atoms with E-state index in [2.05, 4.69) is 16.0 Å². The van der Waals surface area contributed by atoms with Crippen molar-refractivity contribution in [2.24, 2.45) is 0 Å². The number of hydrogen-bond donors (Lipinski definition) is 1. The second kappa shape index (κ2) is 4.59. The molecule has 0 spiro atoms. The predicted octanol–water partition coefficient (Wildman–Crippen LogP) is 0.831. The van der Waals surface area contributed by atoms with Crippen LogP contribution in [0.1, 0.15) is 17.0 Å². The van der Waals surface area contributed by atoms with Gasteiger partial charge in [0.15, 0.2) is 0 Å². The first-order valence-electron chi connectivity index (χ1n) is 6.41. The van der Waals surface area contributed by atoms with E-state index in [1.807, 2.05) is 13.0 Å². The first kappa shape index (κ1) is 12.1. The van der Waals surface area contributed by atoms with Crippen molar-refractivity contribution in [2.45, 2.75) is 19.5 Å². The predicted molar refractivity (Wildman–Crippen MR) is 67.4 cm³/mol. The van der Waals surface area contributed by atoms with Crippen LogP contribution in [0.25, 0.3) is 0 Å². The molecular formula is C13H16N4O2. The normalized spacial score (nSPS) is 23.1. The summed E-state index contributed by atoms with van der Waals surface area (Å²) in [6.45, 7) is 5.55. The number of fused-ring (bicyclic) bond motifs is 1. The van der Waals surface area contributed by atoms with Crippen LogP contribution in [0, 0.1) is 18.3 Å². The summed E-state index contributed by atoms with van der Waals surface area (Å²) in [7, 11) is 0. The van der Waals surface area contributed by atoms with Crippen molar-refractivity contribution in [3.63, 3.8) is 0 Å². The zero-order valence-electron chi connectivity index (χ0n) is 10.8. The highest BCUT2D eigenvalue weighted by molar-refractivity contribution is 5.70. The molecule has 1 aromatic heterocycles. The van der Waals surface area contributed by atoms with Crippen LogP contribution in [-0.2, 0) is 11.3 Å². The molecule has 1 N–H and O–H groups in total. The number of carbonyl (C=O) groups is 1. The number of nitrogens with zero attached hydrogens (tertiary/aromatic N) is 3. The van der Waals surface area contributed by atoms with Crippen molar-refractivity contribution in [3.8, 4) is 6.07 Å². The third-order valence-corrected chi connectivity index (χ3v) is 3.79. The standard InChI is InChI=1S/C13H16N4O2/c1-9-10(5-14)4-11(15-9)6-16-2-3-17-12(7-16)8-19-13(17)18/h4,12,15H,2-3,6-8H2,1H3/t12-/m0/s1. The lowest BCUT2D eigenvalue weighted by atomic mass is 10.2. The number of aryl methyl sites for hydroxylation is 1. The number of ether oxygens (including phenoxy) is 1. The van der Waals surface area contributed by atoms with Gasteiger partial charge in [0, 0.05) is 37.6 Å². The highest BCUT2D eigenvalue weighted by Crippen LogP contribution is 2.19. The van der Waals surface area contributed by atoms with Gasteiger partial charge in [0.05, 0.1) is 11.6 Å². The van der Waals surface area contributed by atoms with E-state index in [1.54, 1.807) is 4.90 Å². The number of piperazine rings is 1. The number of cyclic esters (lactones) is 1. The third-order valence-electron chi connectivity index (χ3n) is 3.79. The average Bonchev–Trinajstić information content (AvgIpc) is 2.93. The second-order valence-corrected chi connectivity index (χ2v) is 5.10. The van der Waals surface area contributed by atoms with E-state index in [9.17, 15) is 4.79 Å². The fourth-order valence-electron chi connectivity index (χ4n) is 2.77. The number of hydrogen-bond acceptors (Lipinski definition) is 4. The number of H-pyrrole nitrogens is 1. The summed E-state index contributed by atoms with van der Waals surface area (Å²) in [6.07, 6.45) is -0.188. The van der Waals surface area contributed by atoms with Crippen molar-refractivity contribution in [1.82, 2.24) is 14.8 Å². The lowest BCUT2D eigenvalue weighted by molar-refractivity contribution is 0.115. The van der Waals surface area contributed by atoms with Crippen LogP contribution in [0.5, 0.6) is 0 Å². The molecule has 3 rings (SSSR count). The van der Waals surface area contributed by atoms with Crippen LogP contribution in [0.3, 0.4) is 0 Å². The molecule has 6 heteroatoms. The first-order valence-corrected chi connectivity index (χ1v) is 6.41. The van der Waals surface area contributed by atoms with E-state index in [1.165, 1.54) is 0 Å². The molecule has 0 bridgehead atoms. The molecule has 2 aliphatic rings. The Bertz CT molecular complexity index is 545. The first-order chi connectivity index (χ1) is 9.17. The van der Waals surface area contributed by atoms with Crippen LogP contribution < -0.4 is 0 Å². The van der Waals surface area contributed by atoms with Gasteiger partial charge in [-0.3, -0.25) is 9.80 Å². The molecular weight excluding hydrogens is 244 g/mol. The van der Waals surface area contributed by atoms with Gasteiger partial charge in [0.1, 0.15) is 12.7 Å². The molecule has 100 valence electrons. The number of nitrogens with one attached hydrogen (secondary N) is 1. The molecule has 0 saturated carbocycles. The molecule has 0 unspecified atom stereocenters. The van der Waals surface area contributed by atoms with Gasteiger partial charge >= 0.3 is 6.09 Å². The maximum atomic E-state index is 11.4. The molecule has 19 heavy (non-hydrogen) atoms. The quantitative estimate of drug-likeness (QED) is 0.855. The number of rotatable bonds is 2. The minimum atomic E-state index is -0.188. The molecule has 1 atom stereocenters. The van der Waals surface area contributed by atoms with Crippen molar-refractivity contribution in [2.75, 3.05) is 26.2 Å². The van der Waals surface area contributed by atoms with Crippen molar-refractivity contribution >= 4 is 6.09 Å². The number of amides is 1. The molecule has 1 amide bonds. The maximum Gasteiger partial charge on any atom is 0.410 e. The minimum absolute atomic E-state index is 0.174.